The molecule has 0 unspecified atom stereocenters. The summed E-state index contributed by atoms with van der Waals surface area (Å²) in [4.78, 5) is 17.8. The normalized spacial score (nSPS) is 19.7. The number of carbonyl (C=O) groups is 1. The van der Waals surface area contributed by atoms with Gasteiger partial charge in [-0.1, -0.05) is 74.5 Å². The average Bonchev–Trinajstić information content (AvgIpc) is 3.41. The summed E-state index contributed by atoms with van der Waals surface area (Å²) in [5.41, 5.74) is 10.8. The molecule has 1 aliphatic carbocycles. The third-order valence-electron chi connectivity index (χ3n) is 10.4. The van der Waals surface area contributed by atoms with Gasteiger partial charge in [0.25, 0.3) is 0 Å². The third-order valence-corrected chi connectivity index (χ3v) is 11.1. The van der Waals surface area contributed by atoms with Gasteiger partial charge in [-0.05, 0) is 79.7 Å². The number of thiol groups is 1. The molecule has 6 rings (SSSR count). The summed E-state index contributed by atoms with van der Waals surface area (Å²) in [5, 5.41) is 0. The van der Waals surface area contributed by atoms with Crippen LogP contribution in [0.2, 0.25) is 0 Å². The molecule has 0 spiro atoms. The molecule has 0 N–H and O–H groups in total. The van der Waals surface area contributed by atoms with Crippen molar-refractivity contribution < 1.29 is 22.5 Å². The van der Waals surface area contributed by atoms with E-state index in [1.54, 1.807) is 24.1 Å². The molecule has 7 nitrogen and oxygen atoms in total. The molecule has 0 saturated carbocycles. The first kappa shape index (κ1) is 34.2. The van der Waals surface area contributed by atoms with Gasteiger partial charge in [0.05, 0.1) is 16.0 Å². The Labute approximate surface area is 292 Å². The van der Waals surface area contributed by atoms with Crippen LogP contribution in [0.5, 0.6) is 0 Å². The summed E-state index contributed by atoms with van der Waals surface area (Å²) in [6, 6.07) is 23.5. The van der Waals surface area contributed by atoms with E-state index in [-0.39, 0.29) is 22.3 Å². The monoisotopic (exact) mass is 676 g/mol. The Morgan fingerprint density at radius 1 is 0.898 bits per heavy atom. The quantitative estimate of drug-likeness (QED) is 0.202. The van der Waals surface area contributed by atoms with Gasteiger partial charge < -0.3 is 9.64 Å². The van der Waals surface area contributed by atoms with Crippen LogP contribution < -0.4 is 4.90 Å². The van der Waals surface area contributed by atoms with Gasteiger partial charge in [0, 0.05) is 48.6 Å². The van der Waals surface area contributed by atoms with Crippen LogP contribution in [0.3, 0.4) is 0 Å². The van der Waals surface area contributed by atoms with Crippen molar-refractivity contribution in [2.75, 3.05) is 26.0 Å². The topological polar surface area (TPSA) is 69.9 Å². The maximum absolute atomic E-state index is 13.7. The van der Waals surface area contributed by atoms with E-state index >= 15 is 0 Å². The van der Waals surface area contributed by atoms with E-state index < -0.39 is 16.8 Å². The highest BCUT2D eigenvalue weighted by molar-refractivity contribution is 7.72. The zero-order valence-corrected chi connectivity index (χ0v) is 30.4. The highest BCUT2D eigenvalue weighted by Gasteiger charge is 2.43. The van der Waals surface area contributed by atoms with Crippen LogP contribution in [-0.4, -0.2) is 50.8 Å². The van der Waals surface area contributed by atoms with Crippen molar-refractivity contribution in [3.8, 4) is 0 Å². The van der Waals surface area contributed by atoms with Gasteiger partial charge >= 0.3 is 6.09 Å². The van der Waals surface area contributed by atoms with Gasteiger partial charge in [-0.2, -0.15) is 4.58 Å². The summed E-state index contributed by atoms with van der Waals surface area (Å²) in [6.45, 7) is 9.06. The molecule has 254 valence electrons. The van der Waals surface area contributed by atoms with Gasteiger partial charge in [0.2, 0.25) is 5.69 Å². The van der Waals surface area contributed by atoms with E-state index in [0.717, 1.165) is 36.1 Å². The summed E-state index contributed by atoms with van der Waals surface area (Å²) >= 11 is 0. The fraction of sp³-hybridized carbons (Fsp3) is 0.317. The number of hydrogen-bond acceptors (Lipinski definition) is 5. The van der Waals surface area contributed by atoms with Crippen LogP contribution in [0, 0.1) is 0 Å². The standard InChI is InChI=1S/C41H46N3O4S/c1-40(2)32-15-8-10-17-34(32)42(5)36(40)25-21-29-13-12-14-30(22-26-37-41(3,4)33-16-9-11-18-35(33)43(37)6)38(29)44(7)39(45)48-27-28-19-23-31(24-20-28)49(46)47/h8-11,15-26,49H,12-14,27H2,1-7H3/q+1. The number of nitrogens with zero attached hydrogens (tertiary/aromatic N) is 3. The minimum atomic E-state index is -2.67. The Hall–Kier alpha value is -4.69. The zero-order valence-electron chi connectivity index (χ0n) is 29.5. The molecule has 0 atom stereocenters. The van der Waals surface area contributed by atoms with Gasteiger partial charge in [0.15, 0.2) is 16.4 Å². The van der Waals surface area contributed by atoms with Gasteiger partial charge in [-0.3, -0.25) is 4.90 Å². The molecule has 0 aromatic heterocycles. The predicted octanol–water partition coefficient (Wildman–Crippen LogP) is 8.16. The maximum Gasteiger partial charge on any atom is 0.414 e. The number of allylic oxidation sites excluding steroid dienone is 7. The fourth-order valence-electron chi connectivity index (χ4n) is 7.68. The average molecular weight is 677 g/mol. The lowest BCUT2D eigenvalue weighted by Gasteiger charge is -2.29. The van der Waals surface area contributed by atoms with Crippen LogP contribution in [0.25, 0.3) is 0 Å². The van der Waals surface area contributed by atoms with Crippen molar-refractivity contribution in [2.45, 2.75) is 69.3 Å². The van der Waals surface area contributed by atoms with Gasteiger partial charge in [0.1, 0.15) is 13.7 Å². The number of carbonyl (C=O) groups excluding carboxylic acids is 1. The van der Waals surface area contributed by atoms with Crippen molar-refractivity contribution in [1.29, 1.82) is 0 Å². The largest absolute Gasteiger partial charge is 0.444 e. The highest BCUT2D eigenvalue weighted by atomic mass is 32.2. The Morgan fingerprint density at radius 2 is 1.57 bits per heavy atom. The van der Waals surface area contributed by atoms with E-state index in [2.05, 4.69) is 124 Å². The zero-order chi connectivity index (χ0) is 35.1. The molecule has 0 saturated heterocycles. The van der Waals surface area contributed by atoms with E-state index in [1.165, 1.54) is 46.0 Å². The second-order valence-electron chi connectivity index (χ2n) is 14.1. The first-order chi connectivity index (χ1) is 23.3. The van der Waals surface area contributed by atoms with Gasteiger partial charge in [-0.25, -0.2) is 13.2 Å². The molecule has 1 amide bonds. The summed E-state index contributed by atoms with van der Waals surface area (Å²) in [7, 11) is 3.34. The summed E-state index contributed by atoms with van der Waals surface area (Å²) in [5.74, 6) is 0. The molecule has 0 fully saturated rings. The summed E-state index contributed by atoms with van der Waals surface area (Å²) in [6.07, 6.45) is 10.9. The second kappa shape index (κ2) is 13.3. The number of fused-ring (bicyclic) bond motifs is 2. The van der Waals surface area contributed by atoms with Crippen molar-refractivity contribution in [3.05, 3.63) is 136 Å². The van der Waals surface area contributed by atoms with Crippen molar-refractivity contribution in [1.82, 2.24) is 4.90 Å². The van der Waals surface area contributed by atoms with Crippen molar-refractivity contribution in [3.63, 3.8) is 0 Å². The Morgan fingerprint density at radius 3 is 2.24 bits per heavy atom. The minimum absolute atomic E-state index is 0.0348. The lowest BCUT2D eigenvalue weighted by molar-refractivity contribution is -0.401. The maximum atomic E-state index is 13.7. The Balaban J connectivity index is 1.37. The molecular weight excluding hydrogens is 631 g/mol. The number of para-hydroxylation sites is 2. The fourth-order valence-corrected chi connectivity index (χ4v) is 8.07. The van der Waals surface area contributed by atoms with Crippen molar-refractivity contribution in [2.24, 2.45) is 0 Å². The number of anilines is 1. The number of ether oxygens (including phenoxy) is 1. The molecule has 0 radical (unpaired) electrons. The molecule has 3 aromatic rings. The molecule has 2 heterocycles. The first-order valence-corrected chi connectivity index (χ1v) is 18.0. The van der Waals surface area contributed by atoms with Crippen LogP contribution >= 0.6 is 0 Å². The second-order valence-corrected chi connectivity index (χ2v) is 15.2. The SMILES string of the molecule is CN(C(=O)OCc1ccc([SH](=O)=O)cc1)C1=C(/C=C/C2=[N+](C)c3ccccc3C2(C)C)CCC/C1=C\C=C1\N(C)c2ccccc2C1(C)C. The lowest BCUT2D eigenvalue weighted by Crippen LogP contribution is -2.30. The molecular formula is C41H46N3O4S+. The molecule has 8 heteroatoms. The molecule has 0 bridgehead atoms. The third kappa shape index (κ3) is 6.30. The number of hydrogen-bond donors (Lipinski definition) is 1. The Bertz CT molecular complexity index is 2040. The van der Waals surface area contributed by atoms with Crippen LogP contribution in [-0.2, 0) is 32.9 Å². The number of benzene rings is 3. The number of rotatable bonds is 7. The van der Waals surface area contributed by atoms with E-state index in [0.29, 0.717) is 5.56 Å². The van der Waals surface area contributed by atoms with Crippen LogP contribution in [0.1, 0.15) is 63.6 Å². The van der Waals surface area contributed by atoms with E-state index in [9.17, 15) is 13.2 Å². The van der Waals surface area contributed by atoms with E-state index in [1.807, 2.05) is 0 Å². The van der Waals surface area contributed by atoms with E-state index in [4.69, 9.17) is 4.74 Å². The predicted molar refractivity (Wildman–Crippen MR) is 197 cm³/mol. The molecule has 3 aromatic carbocycles. The first-order valence-electron chi connectivity index (χ1n) is 16.8. The van der Waals surface area contributed by atoms with Crippen molar-refractivity contribution >= 4 is 33.9 Å². The van der Waals surface area contributed by atoms with Crippen LogP contribution in [0.4, 0.5) is 16.2 Å². The number of likely N-dealkylation sites (N-methyl/N-ethyl adjacent to an activating group) is 2. The smallest absolute Gasteiger partial charge is 0.414 e. The highest BCUT2D eigenvalue weighted by Crippen LogP contribution is 2.47. The van der Waals surface area contributed by atoms with Gasteiger partial charge in [-0.15, -0.1) is 0 Å². The number of amides is 1. The lowest BCUT2D eigenvalue weighted by atomic mass is 9.81. The molecule has 2 aliphatic heterocycles. The summed E-state index contributed by atoms with van der Waals surface area (Å²) < 4.78 is 30.7. The molecule has 49 heavy (non-hydrogen) atoms. The molecule has 3 aliphatic rings. The minimum Gasteiger partial charge on any atom is -0.444 e. The van der Waals surface area contributed by atoms with Crippen LogP contribution in [0.15, 0.2) is 125 Å². The Kier molecular flexibility index (Phi) is 9.29.